The molecule has 0 spiro atoms. The second-order valence-electron chi connectivity index (χ2n) is 10.1. The van der Waals surface area contributed by atoms with E-state index in [1.165, 1.54) is 53.3 Å². The minimum Gasteiger partial charge on any atom is -0.508 e. The van der Waals surface area contributed by atoms with Crippen LogP contribution in [0.4, 0.5) is 0 Å². The van der Waals surface area contributed by atoms with E-state index in [1.54, 1.807) is 0 Å². The van der Waals surface area contributed by atoms with Crippen LogP contribution < -0.4 is 5.32 Å². The summed E-state index contributed by atoms with van der Waals surface area (Å²) in [5.74, 6) is 2.56. The lowest BCUT2D eigenvalue weighted by atomic mass is 9.83. The van der Waals surface area contributed by atoms with Gasteiger partial charge in [-0.2, -0.15) is 0 Å². The molecule has 2 fully saturated rings. The summed E-state index contributed by atoms with van der Waals surface area (Å²) in [7, 11) is 0. The molecule has 2 aliphatic carbocycles. The van der Waals surface area contributed by atoms with E-state index in [1.807, 2.05) is 12.3 Å². The molecule has 3 aromatic heterocycles. The summed E-state index contributed by atoms with van der Waals surface area (Å²) >= 11 is 0. The van der Waals surface area contributed by atoms with Gasteiger partial charge in [-0.1, -0.05) is 18.2 Å². The topological polar surface area (TPSA) is 74.1 Å². The summed E-state index contributed by atoms with van der Waals surface area (Å²) in [6.07, 6.45) is 7.88. The molecule has 3 unspecified atom stereocenters. The van der Waals surface area contributed by atoms with Gasteiger partial charge < -0.3 is 19.8 Å². The summed E-state index contributed by atoms with van der Waals surface area (Å²) in [4.78, 5) is 8.29. The van der Waals surface area contributed by atoms with Crippen molar-refractivity contribution in [3.8, 4) is 28.1 Å². The maximum absolute atomic E-state index is 10.6. The molecule has 1 aliphatic heterocycles. The first-order valence-electron chi connectivity index (χ1n) is 12.2. The van der Waals surface area contributed by atoms with Crippen LogP contribution in [0.5, 0.6) is 5.75 Å². The fourth-order valence-electron chi connectivity index (χ4n) is 6.97. The zero-order valence-corrected chi connectivity index (χ0v) is 18.3. The van der Waals surface area contributed by atoms with Crippen LogP contribution in [0, 0.1) is 0 Å². The van der Waals surface area contributed by atoms with Gasteiger partial charge in [0, 0.05) is 21.9 Å². The molecular formula is C28H25N3O2. The Labute approximate surface area is 191 Å². The van der Waals surface area contributed by atoms with Crippen molar-refractivity contribution in [1.82, 2.24) is 15.3 Å². The Bertz CT molecular complexity index is 1540. The molecule has 0 radical (unpaired) electrons. The number of phenolic OH excluding ortho intramolecular Hbond substituents is 1. The van der Waals surface area contributed by atoms with Crippen molar-refractivity contribution in [2.75, 3.05) is 6.54 Å². The number of rotatable bonds is 3. The molecule has 5 heteroatoms. The van der Waals surface area contributed by atoms with Gasteiger partial charge in [0.25, 0.3) is 0 Å². The monoisotopic (exact) mass is 435 g/mol. The number of aromatic amines is 1. The molecule has 3 aliphatic rings. The average molecular weight is 436 g/mol. The molecule has 5 nitrogen and oxygen atoms in total. The third kappa shape index (κ3) is 2.38. The Morgan fingerprint density at radius 3 is 2.42 bits per heavy atom. The zero-order chi connectivity index (χ0) is 21.7. The van der Waals surface area contributed by atoms with Crippen LogP contribution in [0.2, 0.25) is 0 Å². The molecule has 1 saturated carbocycles. The molecule has 0 amide bonds. The summed E-state index contributed by atoms with van der Waals surface area (Å²) < 4.78 is 6.20. The van der Waals surface area contributed by atoms with E-state index in [-0.39, 0.29) is 0 Å². The number of nitrogens with one attached hydrogen (secondary N) is 2. The van der Waals surface area contributed by atoms with Crippen molar-refractivity contribution in [2.45, 2.75) is 50.0 Å². The minimum atomic E-state index is 0.315. The molecule has 5 aromatic rings. The molecule has 164 valence electrons. The van der Waals surface area contributed by atoms with Crippen LogP contribution in [0.15, 0.2) is 47.0 Å². The Morgan fingerprint density at radius 1 is 0.848 bits per heavy atom. The largest absolute Gasteiger partial charge is 0.508 e. The predicted molar refractivity (Wildman–Crippen MR) is 129 cm³/mol. The quantitative estimate of drug-likeness (QED) is 0.299. The van der Waals surface area contributed by atoms with Crippen molar-refractivity contribution < 1.29 is 9.52 Å². The maximum Gasteiger partial charge on any atom is 0.136 e. The number of fused-ring (bicyclic) bond motifs is 10. The van der Waals surface area contributed by atoms with Gasteiger partial charge in [0.1, 0.15) is 22.7 Å². The first-order chi connectivity index (χ1) is 16.3. The maximum atomic E-state index is 10.6. The fraction of sp³-hybridized carbons (Fsp3) is 0.321. The highest BCUT2D eigenvalue weighted by molar-refractivity contribution is 6.19. The molecule has 33 heavy (non-hydrogen) atoms. The molecular weight excluding hydrogens is 410 g/mol. The fourth-order valence-corrected chi connectivity index (χ4v) is 6.97. The highest BCUT2D eigenvalue weighted by Crippen LogP contribution is 2.59. The molecule has 1 saturated heterocycles. The van der Waals surface area contributed by atoms with E-state index in [9.17, 15) is 5.11 Å². The van der Waals surface area contributed by atoms with Crippen LogP contribution in [-0.2, 0) is 0 Å². The van der Waals surface area contributed by atoms with Gasteiger partial charge in [0.2, 0.25) is 0 Å². The van der Waals surface area contributed by atoms with Crippen molar-refractivity contribution in [3.05, 3.63) is 59.5 Å². The number of aromatic hydroxyl groups is 1. The third-order valence-corrected chi connectivity index (χ3v) is 8.38. The van der Waals surface area contributed by atoms with E-state index in [4.69, 9.17) is 9.40 Å². The van der Waals surface area contributed by atoms with Crippen molar-refractivity contribution in [2.24, 2.45) is 0 Å². The van der Waals surface area contributed by atoms with Gasteiger partial charge in [-0.3, -0.25) is 0 Å². The molecule has 3 N–H and O–H groups in total. The second-order valence-corrected chi connectivity index (χ2v) is 10.1. The van der Waals surface area contributed by atoms with E-state index < -0.39 is 0 Å². The van der Waals surface area contributed by atoms with Crippen molar-refractivity contribution in [3.63, 3.8) is 0 Å². The van der Waals surface area contributed by atoms with Gasteiger partial charge >= 0.3 is 0 Å². The van der Waals surface area contributed by atoms with Crippen LogP contribution >= 0.6 is 0 Å². The number of hydrogen-bond donors (Lipinski definition) is 3. The van der Waals surface area contributed by atoms with Gasteiger partial charge in [-0.15, -0.1) is 0 Å². The third-order valence-electron chi connectivity index (χ3n) is 8.38. The van der Waals surface area contributed by atoms with E-state index in [2.05, 4.69) is 40.6 Å². The van der Waals surface area contributed by atoms with E-state index >= 15 is 0 Å². The summed E-state index contributed by atoms with van der Waals surface area (Å²) in [6, 6.07) is 12.9. The van der Waals surface area contributed by atoms with E-state index in [0.717, 1.165) is 46.6 Å². The highest BCUT2D eigenvalue weighted by atomic mass is 16.3. The van der Waals surface area contributed by atoms with Crippen LogP contribution in [0.3, 0.4) is 0 Å². The highest BCUT2D eigenvalue weighted by Gasteiger charge is 2.40. The Morgan fingerprint density at radius 2 is 1.61 bits per heavy atom. The minimum absolute atomic E-state index is 0.315. The smallest absolute Gasteiger partial charge is 0.136 e. The lowest BCUT2D eigenvalue weighted by molar-refractivity contribution is 0.462. The van der Waals surface area contributed by atoms with Gasteiger partial charge in [0.05, 0.1) is 17.9 Å². The number of benzene rings is 3. The Hall–Kier alpha value is -3.31. The van der Waals surface area contributed by atoms with Gasteiger partial charge in [0.15, 0.2) is 0 Å². The number of hydrogen-bond acceptors (Lipinski definition) is 4. The number of aromatic nitrogens is 2. The predicted octanol–water partition coefficient (Wildman–Crippen LogP) is 6.58. The Balaban J connectivity index is 1.34. The average Bonchev–Trinajstić information content (AvgIpc) is 3.68. The molecule has 2 aromatic carbocycles. The van der Waals surface area contributed by atoms with Crippen LogP contribution in [0.1, 0.15) is 66.9 Å². The number of H-pyrrole nitrogens is 1. The number of phenols is 1. The van der Waals surface area contributed by atoms with Gasteiger partial charge in [-0.05, 0) is 85.4 Å². The molecule has 4 bridgehead atoms. The van der Waals surface area contributed by atoms with Gasteiger partial charge in [-0.25, -0.2) is 4.98 Å². The Kier molecular flexibility index (Phi) is 3.51. The summed E-state index contributed by atoms with van der Waals surface area (Å²) in [5.41, 5.74) is 9.06. The number of imidazole rings is 1. The lowest BCUT2D eigenvalue weighted by Gasteiger charge is -2.21. The zero-order valence-electron chi connectivity index (χ0n) is 18.3. The van der Waals surface area contributed by atoms with E-state index in [0.29, 0.717) is 23.6 Å². The number of furan rings is 2. The summed E-state index contributed by atoms with van der Waals surface area (Å²) in [5, 5.41) is 16.5. The lowest BCUT2D eigenvalue weighted by Crippen LogP contribution is -2.14. The molecule has 4 heterocycles. The summed E-state index contributed by atoms with van der Waals surface area (Å²) in [6.45, 7) is 1.05. The normalized spacial score (nSPS) is 23.9. The first-order valence-corrected chi connectivity index (χ1v) is 12.2. The van der Waals surface area contributed by atoms with Crippen LogP contribution in [0.25, 0.3) is 44.3 Å². The first kappa shape index (κ1) is 18.2. The van der Waals surface area contributed by atoms with Crippen LogP contribution in [-0.4, -0.2) is 21.6 Å². The second kappa shape index (κ2) is 6.39. The SMILES string of the molecule is Oc1ccc(-c2ccc(-c3cnc(C4CCCN4)[nH]3)c3c4ccc(o4)c23)c2c1C1CCC2C1. The molecule has 8 rings (SSSR count). The number of nitrogens with zero attached hydrogens (tertiary/aromatic N) is 1. The standard InChI is InChI=1S/C28H25N3O2/c32-21-8-7-16(24-14-3-4-15(12-14)25(21)24)17-5-6-18(27-23-10-9-22(33-23)26(17)27)20-13-30-28(31-20)19-2-1-11-29-19/h5-10,13-15,19,29,32H,1-4,11-12H2,(H,30,31). The molecule has 3 atom stereocenters. The van der Waals surface area contributed by atoms with Crippen molar-refractivity contribution in [1.29, 1.82) is 0 Å². The van der Waals surface area contributed by atoms with Crippen molar-refractivity contribution >= 4 is 21.9 Å².